The molecule has 9 nitrogen and oxygen atoms in total. The summed E-state index contributed by atoms with van der Waals surface area (Å²) in [5, 5.41) is 12.3. The minimum absolute atomic E-state index is 0.0891. The summed E-state index contributed by atoms with van der Waals surface area (Å²) in [5.41, 5.74) is -0.585. The van der Waals surface area contributed by atoms with Crippen LogP contribution in [0.3, 0.4) is 0 Å². The van der Waals surface area contributed by atoms with Gasteiger partial charge in [0.1, 0.15) is 5.56 Å². The Balaban J connectivity index is 0.000000469. The molecule has 1 saturated heterocycles. The fourth-order valence-electron chi connectivity index (χ4n) is 2.94. The van der Waals surface area contributed by atoms with E-state index in [1.54, 1.807) is 12.1 Å². The van der Waals surface area contributed by atoms with Crippen LogP contribution in [-0.2, 0) is 27.0 Å². The van der Waals surface area contributed by atoms with E-state index >= 15 is 0 Å². The van der Waals surface area contributed by atoms with Gasteiger partial charge in [0.25, 0.3) is 5.91 Å². The Labute approximate surface area is 197 Å². The fraction of sp³-hybridized carbons (Fsp3) is 0.333. The van der Waals surface area contributed by atoms with Crippen LogP contribution in [0.25, 0.3) is 5.65 Å². The molecule has 1 aromatic carbocycles. The molecule has 0 atom stereocenters. The first kappa shape index (κ1) is 25.4. The second kappa shape index (κ2) is 11.3. The number of rotatable bonds is 4. The molecule has 1 fully saturated rings. The number of carbonyl (C=O) groups is 2. The number of carbonyl (C=O) groups excluding carboxylic acids is 2. The van der Waals surface area contributed by atoms with Crippen LogP contribution >= 0.6 is 11.6 Å². The molecule has 4 rings (SSSR count). The van der Waals surface area contributed by atoms with Gasteiger partial charge in [-0.3, -0.25) is 14.0 Å². The topological polar surface area (TPSA) is 107 Å². The average molecular weight is 500 g/mol. The van der Waals surface area contributed by atoms with Crippen molar-refractivity contribution in [2.75, 3.05) is 31.7 Å². The molecule has 2 aromatic heterocycles. The maximum absolute atomic E-state index is 13.1. The molecular formula is C21H21ClF3N5O4. The molecule has 34 heavy (non-hydrogen) atoms. The van der Waals surface area contributed by atoms with E-state index in [0.717, 1.165) is 36.9 Å². The van der Waals surface area contributed by atoms with Crippen molar-refractivity contribution in [1.29, 1.82) is 0 Å². The Bertz CT molecular complexity index is 1140. The molecule has 1 aliphatic heterocycles. The van der Waals surface area contributed by atoms with Crippen LogP contribution in [0.4, 0.5) is 18.9 Å². The highest BCUT2D eigenvalue weighted by Gasteiger charge is 2.35. The predicted octanol–water partition coefficient (Wildman–Crippen LogP) is 3.32. The molecule has 1 aliphatic rings. The van der Waals surface area contributed by atoms with Gasteiger partial charge in [0.2, 0.25) is 5.91 Å². The highest BCUT2D eigenvalue weighted by Crippen LogP contribution is 2.33. The third-order valence-electron chi connectivity index (χ3n) is 4.47. The van der Waals surface area contributed by atoms with E-state index in [0.29, 0.717) is 11.3 Å². The van der Waals surface area contributed by atoms with Crippen LogP contribution in [0.15, 0.2) is 36.5 Å². The van der Waals surface area contributed by atoms with Crippen molar-refractivity contribution in [2.45, 2.75) is 19.6 Å². The quantitative estimate of drug-likeness (QED) is 0.570. The number of fused-ring (bicyclic) bond motifs is 1. The number of benzene rings is 1. The summed E-state index contributed by atoms with van der Waals surface area (Å²) in [6, 6.07) is 6.88. The van der Waals surface area contributed by atoms with Crippen molar-refractivity contribution in [3.63, 3.8) is 0 Å². The lowest BCUT2D eigenvalue weighted by Gasteiger charge is -2.09. The molecule has 2 amide bonds. The summed E-state index contributed by atoms with van der Waals surface area (Å²) in [7, 11) is 0. The van der Waals surface area contributed by atoms with Gasteiger partial charge in [0.15, 0.2) is 11.5 Å². The van der Waals surface area contributed by atoms with Crippen LogP contribution < -0.4 is 10.6 Å². The maximum Gasteiger partial charge on any atom is 0.420 e. The second-order valence-electron chi connectivity index (χ2n) is 7.05. The number of nitrogens with zero attached hydrogens (tertiary/aromatic N) is 3. The minimum Gasteiger partial charge on any atom is -0.377 e. The summed E-state index contributed by atoms with van der Waals surface area (Å²) in [5.74, 6) is -0.622. The van der Waals surface area contributed by atoms with Crippen molar-refractivity contribution < 1.29 is 32.2 Å². The van der Waals surface area contributed by atoms with Crippen LogP contribution in [-0.4, -0.2) is 52.8 Å². The van der Waals surface area contributed by atoms with E-state index in [4.69, 9.17) is 21.1 Å². The monoisotopic (exact) mass is 499 g/mol. The maximum atomic E-state index is 13.1. The molecule has 0 radical (unpaired) electrons. The van der Waals surface area contributed by atoms with Gasteiger partial charge < -0.3 is 20.1 Å². The molecular weight excluding hydrogens is 479 g/mol. The van der Waals surface area contributed by atoms with Gasteiger partial charge in [0, 0.05) is 24.4 Å². The summed E-state index contributed by atoms with van der Waals surface area (Å²) in [6.45, 7) is 4.31. The third-order valence-corrected chi connectivity index (χ3v) is 4.67. The van der Waals surface area contributed by atoms with Crippen LogP contribution in [0.2, 0.25) is 5.02 Å². The number of pyridine rings is 1. The zero-order valence-corrected chi connectivity index (χ0v) is 18.7. The number of amides is 2. The molecule has 13 heteroatoms. The lowest BCUT2D eigenvalue weighted by molar-refractivity contribution is -0.136. The number of aromatic nitrogens is 3. The normalized spacial score (nSPS) is 13.7. The number of hydrogen-bond donors (Lipinski definition) is 2. The first-order chi connectivity index (χ1) is 16.1. The van der Waals surface area contributed by atoms with Crippen molar-refractivity contribution in [3.8, 4) is 0 Å². The average Bonchev–Trinajstić information content (AvgIpc) is 3.20. The number of nitrogens with one attached hydrogen (secondary N) is 2. The summed E-state index contributed by atoms with van der Waals surface area (Å²) < 4.78 is 50.3. The van der Waals surface area contributed by atoms with E-state index < -0.39 is 23.3 Å². The van der Waals surface area contributed by atoms with E-state index in [-0.39, 0.29) is 23.3 Å². The Morgan fingerprint density at radius 1 is 1.09 bits per heavy atom. The van der Waals surface area contributed by atoms with Crippen LogP contribution in [0, 0.1) is 0 Å². The lowest BCUT2D eigenvalue weighted by atomic mass is 10.2. The Hall–Kier alpha value is -3.22. The molecule has 0 bridgehead atoms. The number of halogens is 4. The summed E-state index contributed by atoms with van der Waals surface area (Å²) in [4.78, 5) is 23.2. The zero-order chi connectivity index (χ0) is 24.7. The minimum atomic E-state index is -4.64. The smallest absolute Gasteiger partial charge is 0.377 e. The Morgan fingerprint density at radius 3 is 2.24 bits per heavy atom. The van der Waals surface area contributed by atoms with Crippen molar-refractivity contribution >= 4 is 34.7 Å². The zero-order valence-electron chi connectivity index (χ0n) is 18.0. The number of alkyl halides is 3. The van der Waals surface area contributed by atoms with Crippen molar-refractivity contribution in [2.24, 2.45) is 0 Å². The molecule has 0 aliphatic carbocycles. The van der Waals surface area contributed by atoms with Gasteiger partial charge in [-0.25, -0.2) is 0 Å². The van der Waals surface area contributed by atoms with Crippen LogP contribution in [0.5, 0.6) is 0 Å². The van der Waals surface area contributed by atoms with Crippen LogP contribution in [0.1, 0.15) is 28.7 Å². The van der Waals surface area contributed by atoms with E-state index in [1.807, 2.05) is 0 Å². The second-order valence-corrected chi connectivity index (χ2v) is 7.48. The van der Waals surface area contributed by atoms with Gasteiger partial charge in [-0.05, 0) is 30.3 Å². The summed E-state index contributed by atoms with van der Waals surface area (Å²) in [6.07, 6.45) is -3.40. The number of hydrogen-bond acceptors (Lipinski definition) is 6. The number of anilines is 1. The first-order valence-electron chi connectivity index (χ1n) is 10.1. The predicted molar refractivity (Wildman–Crippen MR) is 117 cm³/mol. The van der Waals surface area contributed by atoms with Gasteiger partial charge in [-0.15, -0.1) is 10.2 Å². The Kier molecular flexibility index (Phi) is 8.42. The van der Waals surface area contributed by atoms with E-state index in [9.17, 15) is 22.8 Å². The largest absolute Gasteiger partial charge is 0.420 e. The van der Waals surface area contributed by atoms with Gasteiger partial charge in [-0.2, -0.15) is 13.2 Å². The fourth-order valence-corrected chi connectivity index (χ4v) is 3.15. The molecule has 0 unspecified atom stereocenters. The molecule has 2 N–H and O–H groups in total. The Morgan fingerprint density at radius 2 is 1.71 bits per heavy atom. The molecule has 0 saturated carbocycles. The highest BCUT2D eigenvalue weighted by atomic mass is 35.5. The third kappa shape index (κ3) is 6.89. The molecule has 0 spiro atoms. The van der Waals surface area contributed by atoms with Gasteiger partial charge in [0.05, 0.1) is 38.0 Å². The number of ether oxygens (including phenoxy) is 2. The first-order valence-corrected chi connectivity index (χ1v) is 10.4. The highest BCUT2D eigenvalue weighted by molar-refractivity contribution is 6.30. The van der Waals surface area contributed by atoms with E-state index in [1.165, 1.54) is 25.3 Å². The van der Waals surface area contributed by atoms with Crippen molar-refractivity contribution in [1.82, 2.24) is 19.9 Å². The van der Waals surface area contributed by atoms with Crippen molar-refractivity contribution in [3.05, 3.63) is 58.5 Å². The molecule has 3 aromatic rings. The summed E-state index contributed by atoms with van der Waals surface area (Å²) >= 11 is 5.77. The van der Waals surface area contributed by atoms with E-state index in [2.05, 4.69) is 20.8 Å². The van der Waals surface area contributed by atoms with Gasteiger partial charge >= 0.3 is 6.18 Å². The van der Waals surface area contributed by atoms with Gasteiger partial charge in [-0.1, -0.05) is 11.6 Å². The molecule has 3 heterocycles. The molecule has 182 valence electrons. The standard InChI is InChI=1S/C17H13ClF3N5O2.C4H8O2/c1-9(27)23-12-4-2-10(3-5-12)16(28)22-7-14-24-25-15-13(17(19,20)21)6-11(18)8-26(14)15;1-2-6-4-3-5-1/h2-6,8H,7H2,1H3,(H,22,28)(H,23,27);1-4H2. The SMILES string of the molecule is C1COCCO1.CC(=O)Nc1ccc(C(=O)NCc2nnc3c(C(F)(F)F)cc(Cl)cn23)cc1. The lowest BCUT2D eigenvalue weighted by Crippen LogP contribution is -2.24.